The van der Waals surface area contributed by atoms with Crippen molar-refractivity contribution in [1.82, 2.24) is 5.32 Å². The van der Waals surface area contributed by atoms with Crippen molar-refractivity contribution in [2.24, 2.45) is 0 Å². The summed E-state index contributed by atoms with van der Waals surface area (Å²) in [6, 6.07) is 11.5. The summed E-state index contributed by atoms with van der Waals surface area (Å²) in [6.07, 6.45) is 0.737. The van der Waals surface area contributed by atoms with Gasteiger partial charge in [0.15, 0.2) is 0 Å². The normalized spacial score (nSPS) is 12.2. The summed E-state index contributed by atoms with van der Waals surface area (Å²) in [5, 5.41) is 3.23. The Bertz CT molecular complexity index is 584. The van der Waals surface area contributed by atoms with Gasteiger partial charge < -0.3 is 10.1 Å². The summed E-state index contributed by atoms with van der Waals surface area (Å²) in [6.45, 7) is 3.88. The first-order valence-electron chi connectivity index (χ1n) is 7.12. The van der Waals surface area contributed by atoms with Crippen molar-refractivity contribution in [3.63, 3.8) is 0 Å². The van der Waals surface area contributed by atoms with Crippen LogP contribution in [-0.4, -0.2) is 14.2 Å². The van der Waals surface area contributed by atoms with E-state index in [4.69, 9.17) is 4.74 Å². The lowest BCUT2D eigenvalue weighted by molar-refractivity contribution is 0.414. The number of benzene rings is 2. The van der Waals surface area contributed by atoms with E-state index in [0.717, 1.165) is 34.4 Å². The van der Waals surface area contributed by atoms with Crippen LogP contribution in [0.15, 0.2) is 36.4 Å². The first kappa shape index (κ1) is 15.5. The SMILES string of the molecule is CNC(Cc1ccc(OC)cc1)c1c(C)cc(C)cc1F. The van der Waals surface area contributed by atoms with Crippen LogP contribution in [0.25, 0.3) is 0 Å². The van der Waals surface area contributed by atoms with Crippen LogP contribution in [0.4, 0.5) is 4.39 Å². The molecule has 0 heterocycles. The van der Waals surface area contributed by atoms with Gasteiger partial charge >= 0.3 is 0 Å². The average molecular weight is 287 g/mol. The van der Waals surface area contributed by atoms with E-state index >= 15 is 0 Å². The Balaban J connectivity index is 2.27. The summed E-state index contributed by atoms with van der Waals surface area (Å²) in [5.41, 5.74) is 3.84. The van der Waals surface area contributed by atoms with E-state index < -0.39 is 0 Å². The molecule has 0 saturated heterocycles. The Hall–Kier alpha value is -1.87. The number of hydrogen-bond acceptors (Lipinski definition) is 2. The fraction of sp³-hybridized carbons (Fsp3) is 0.333. The molecule has 1 unspecified atom stereocenters. The number of likely N-dealkylation sites (N-methyl/N-ethyl adjacent to an activating group) is 1. The molecule has 0 spiro atoms. The number of aryl methyl sites for hydroxylation is 2. The molecule has 2 aromatic rings. The summed E-state index contributed by atoms with van der Waals surface area (Å²) < 4.78 is 19.5. The van der Waals surface area contributed by atoms with E-state index in [1.165, 1.54) is 0 Å². The highest BCUT2D eigenvalue weighted by molar-refractivity contribution is 5.36. The molecule has 0 amide bonds. The molecule has 0 aliphatic heterocycles. The Kier molecular flexibility index (Phi) is 4.97. The van der Waals surface area contributed by atoms with Crippen LogP contribution in [0.3, 0.4) is 0 Å². The number of ether oxygens (including phenoxy) is 1. The second-order valence-electron chi connectivity index (χ2n) is 5.37. The van der Waals surface area contributed by atoms with Gasteiger partial charge in [0.2, 0.25) is 0 Å². The summed E-state index contributed by atoms with van der Waals surface area (Å²) >= 11 is 0. The van der Waals surface area contributed by atoms with Crippen LogP contribution < -0.4 is 10.1 Å². The maximum Gasteiger partial charge on any atom is 0.128 e. The van der Waals surface area contributed by atoms with E-state index in [1.807, 2.05) is 51.2 Å². The minimum absolute atomic E-state index is 0.0426. The van der Waals surface area contributed by atoms with Crippen LogP contribution >= 0.6 is 0 Å². The molecule has 0 radical (unpaired) electrons. The highest BCUT2D eigenvalue weighted by Gasteiger charge is 2.17. The molecule has 0 saturated carbocycles. The third kappa shape index (κ3) is 3.61. The Morgan fingerprint density at radius 3 is 2.33 bits per heavy atom. The quantitative estimate of drug-likeness (QED) is 0.899. The van der Waals surface area contributed by atoms with E-state index in [1.54, 1.807) is 13.2 Å². The van der Waals surface area contributed by atoms with Crippen molar-refractivity contribution in [2.75, 3.05) is 14.2 Å². The molecule has 2 nitrogen and oxygen atoms in total. The molecular weight excluding hydrogens is 265 g/mol. The molecule has 3 heteroatoms. The minimum Gasteiger partial charge on any atom is -0.497 e. The molecule has 1 N–H and O–H groups in total. The summed E-state index contributed by atoms with van der Waals surface area (Å²) in [7, 11) is 3.52. The van der Waals surface area contributed by atoms with Crippen molar-refractivity contribution in [3.8, 4) is 5.75 Å². The zero-order valence-corrected chi connectivity index (χ0v) is 13.0. The zero-order valence-electron chi connectivity index (χ0n) is 13.0. The smallest absolute Gasteiger partial charge is 0.128 e. The van der Waals surface area contributed by atoms with Gasteiger partial charge in [-0.05, 0) is 62.2 Å². The summed E-state index contributed by atoms with van der Waals surface area (Å²) in [4.78, 5) is 0. The van der Waals surface area contributed by atoms with Gasteiger partial charge in [0.05, 0.1) is 7.11 Å². The van der Waals surface area contributed by atoms with Gasteiger partial charge in [-0.1, -0.05) is 18.2 Å². The van der Waals surface area contributed by atoms with Crippen molar-refractivity contribution in [3.05, 3.63) is 64.5 Å². The number of rotatable bonds is 5. The topological polar surface area (TPSA) is 21.3 Å². The van der Waals surface area contributed by atoms with Crippen molar-refractivity contribution < 1.29 is 9.13 Å². The molecule has 21 heavy (non-hydrogen) atoms. The maximum absolute atomic E-state index is 14.3. The largest absolute Gasteiger partial charge is 0.497 e. The number of nitrogens with one attached hydrogen (secondary N) is 1. The first-order chi connectivity index (χ1) is 10.0. The van der Waals surface area contributed by atoms with Crippen LogP contribution in [0.5, 0.6) is 5.75 Å². The number of methoxy groups -OCH3 is 1. The van der Waals surface area contributed by atoms with Crippen molar-refractivity contribution >= 4 is 0 Å². The van der Waals surface area contributed by atoms with Gasteiger partial charge in [-0.15, -0.1) is 0 Å². The third-order valence-corrected chi connectivity index (χ3v) is 3.78. The lowest BCUT2D eigenvalue weighted by atomic mass is 9.93. The molecule has 0 aromatic heterocycles. The van der Waals surface area contributed by atoms with Gasteiger partial charge in [-0.3, -0.25) is 0 Å². The Morgan fingerprint density at radius 1 is 1.14 bits per heavy atom. The molecule has 0 fully saturated rings. The molecule has 2 aromatic carbocycles. The predicted molar refractivity (Wildman–Crippen MR) is 84.4 cm³/mol. The van der Waals surface area contributed by atoms with E-state index in [0.29, 0.717) is 0 Å². The lowest BCUT2D eigenvalue weighted by Gasteiger charge is -2.20. The molecule has 2 rings (SSSR count). The van der Waals surface area contributed by atoms with Crippen LogP contribution in [0.2, 0.25) is 0 Å². The minimum atomic E-state index is -0.139. The fourth-order valence-electron chi connectivity index (χ4n) is 2.71. The molecule has 1 atom stereocenters. The van der Waals surface area contributed by atoms with Crippen LogP contribution in [0, 0.1) is 19.7 Å². The van der Waals surface area contributed by atoms with Crippen LogP contribution in [-0.2, 0) is 6.42 Å². The highest BCUT2D eigenvalue weighted by Crippen LogP contribution is 2.26. The standard InChI is InChI=1S/C18H22FNO/c1-12-9-13(2)18(16(19)10-12)17(20-3)11-14-5-7-15(21-4)8-6-14/h5-10,17,20H,11H2,1-4H3. The third-order valence-electron chi connectivity index (χ3n) is 3.78. The van der Waals surface area contributed by atoms with Gasteiger partial charge in [0.1, 0.15) is 11.6 Å². The first-order valence-corrected chi connectivity index (χ1v) is 7.12. The maximum atomic E-state index is 14.3. The molecule has 112 valence electrons. The predicted octanol–water partition coefficient (Wildman–Crippen LogP) is 3.95. The molecule has 0 aliphatic rings. The number of halogens is 1. The summed E-state index contributed by atoms with van der Waals surface area (Å²) in [5.74, 6) is 0.692. The highest BCUT2D eigenvalue weighted by atomic mass is 19.1. The second-order valence-corrected chi connectivity index (χ2v) is 5.37. The monoisotopic (exact) mass is 287 g/mol. The van der Waals surface area contributed by atoms with Gasteiger partial charge in [-0.25, -0.2) is 4.39 Å². The number of hydrogen-bond donors (Lipinski definition) is 1. The van der Waals surface area contributed by atoms with Gasteiger partial charge in [0, 0.05) is 11.6 Å². The molecule has 0 aliphatic carbocycles. The molecular formula is C18H22FNO. The zero-order chi connectivity index (χ0) is 15.4. The second kappa shape index (κ2) is 6.72. The Morgan fingerprint density at radius 2 is 1.81 bits per heavy atom. The van der Waals surface area contributed by atoms with Crippen molar-refractivity contribution in [1.29, 1.82) is 0 Å². The van der Waals surface area contributed by atoms with Gasteiger partial charge in [0.25, 0.3) is 0 Å². The lowest BCUT2D eigenvalue weighted by Crippen LogP contribution is -2.21. The van der Waals surface area contributed by atoms with Crippen LogP contribution in [0.1, 0.15) is 28.3 Å². The van der Waals surface area contributed by atoms with E-state index in [9.17, 15) is 4.39 Å². The van der Waals surface area contributed by atoms with E-state index in [-0.39, 0.29) is 11.9 Å². The Labute approximate surface area is 126 Å². The van der Waals surface area contributed by atoms with Gasteiger partial charge in [-0.2, -0.15) is 0 Å². The molecule has 0 bridgehead atoms. The average Bonchev–Trinajstić information content (AvgIpc) is 2.45. The fourth-order valence-corrected chi connectivity index (χ4v) is 2.71. The van der Waals surface area contributed by atoms with Crippen molar-refractivity contribution in [2.45, 2.75) is 26.3 Å². The van der Waals surface area contributed by atoms with E-state index in [2.05, 4.69) is 5.32 Å².